The summed E-state index contributed by atoms with van der Waals surface area (Å²) in [5.74, 6) is -1.47. The van der Waals surface area contributed by atoms with Crippen LogP contribution >= 0.6 is 11.6 Å². The van der Waals surface area contributed by atoms with Crippen molar-refractivity contribution in [3.63, 3.8) is 0 Å². The first-order valence-corrected chi connectivity index (χ1v) is 10.2. The Kier molecular flexibility index (Phi) is 4.57. The minimum absolute atomic E-state index is 0.0363. The smallest absolute Gasteiger partial charge is 0.260 e. The molecule has 5 rings (SSSR count). The monoisotopic (exact) mass is 436 g/mol. The van der Waals surface area contributed by atoms with Gasteiger partial charge in [0.25, 0.3) is 5.91 Å². The Balaban J connectivity index is 1.59. The Bertz CT molecular complexity index is 1250. The van der Waals surface area contributed by atoms with E-state index in [1.165, 1.54) is 6.20 Å². The lowest BCUT2D eigenvalue weighted by Crippen LogP contribution is -2.11. The Morgan fingerprint density at radius 2 is 1.87 bits per heavy atom. The van der Waals surface area contributed by atoms with E-state index in [-0.39, 0.29) is 28.9 Å². The van der Waals surface area contributed by atoms with Gasteiger partial charge in [-0.25, -0.2) is 4.39 Å². The van der Waals surface area contributed by atoms with Gasteiger partial charge >= 0.3 is 0 Å². The van der Waals surface area contributed by atoms with Crippen LogP contribution in [-0.4, -0.2) is 27.7 Å². The number of fused-ring (bicyclic) bond motifs is 1. The number of nitrogens with zero attached hydrogens (tertiary/aromatic N) is 1. The molecule has 0 atom stereocenters. The largest absolute Gasteiger partial charge is 0.506 e. The topological polar surface area (TPSA) is 82.5 Å². The summed E-state index contributed by atoms with van der Waals surface area (Å²) in [6.45, 7) is 0.127. The van der Waals surface area contributed by atoms with Crippen LogP contribution in [0.2, 0.25) is 5.02 Å². The van der Waals surface area contributed by atoms with Gasteiger partial charge in [0.05, 0.1) is 29.1 Å². The van der Waals surface area contributed by atoms with Crippen molar-refractivity contribution in [1.29, 1.82) is 0 Å². The molecular formula is C24H18ClFN2O3. The predicted octanol–water partition coefficient (Wildman–Crippen LogP) is 4.94. The second-order valence-corrected chi connectivity index (χ2v) is 8.37. The second-order valence-electron chi connectivity index (χ2n) is 7.96. The van der Waals surface area contributed by atoms with Gasteiger partial charge in [-0.3, -0.25) is 9.78 Å². The molecule has 0 bridgehead atoms. The third-order valence-electron chi connectivity index (χ3n) is 6.03. The predicted molar refractivity (Wildman–Crippen MR) is 117 cm³/mol. The van der Waals surface area contributed by atoms with Crippen molar-refractivity contribution in [2.45, 2.75) is 18.3 Å². The van der Waals surface area contributed by atoms with Crippen molar-refractivity contribution in [2.24, 2.45) is 0 Å². The SMILES string of the molecule is O=C1Nc2cc(Cl)c(-c3ccc(C4(CO)CC4)cc3)cc2/C1=C(/O)c1cncc(F)c1. The van der Waals surface area contributed by atoms with Crippen molar-refractivity contribution in [3.05, 3.63) is 82.4 Å². The van der Waals surface area contributed by atoms with Crippen LogP contribution in [0, 0.1) is 5.82 Å². The molecule has 3 N–H and O–H groups in total. The molecule has 0 unspecified atom stereocenters. The number of carbonyl (C=O) groups is 1. The Morgan fingerprint density at radius 3 is 2.52 bits per heavy atom. The summed E-state index contributed by atoms with van der Waals surface area (Å²) in [6, 6.07) is 12.3. The number of benzene rings is 2. The molecule has 1 aromatic heterocycles. The van der Waals surface area contributed by atoms with E-state index in [0.717, 1.165) is 36.2 Å². The molecule has 0 saturated heterocycles. The fourth-order valence-corrected chi connectivity index (χ4v) is 4.30. The highest BCUT2D eigenvalue weighted by atomic mass is 35.5. The first-order chi connectivity index (χ1) is 14.9. The number of amides is 1. The number of hydrogen-bond acceptors (Lipinski definition) is 4. The zero-order chi connectivity index (χ0) is 21.8. The highest BCUT2D eigenvalue weighted by Gasteiger charge is 2.43. The molecule has 1 aliphatic heterocycles. The normalized spacial score (nSPS) is 17.8. The van der Waals surface area contributed by atoms with Crippen LogP contribution in [0.3, 0.4) is 0 Å². The zero-order valence-electron chi connectivity index (χ0n) is 16.3. The van der Waals surface area contributed by atoms with Crippen molar-refractivity contribution in [3.8, 4) is 11.1 Å². The molecule has 3 aromatic rings. The summed E-state index contributed by atoms with van der Waals surface area (Å²) in [6.07, 6.45) is 4.26. The lowest BCUT2D eigenvalue weighted by Gasteiger charge is -2.14. The molecule has 1 aliphatic carbocycles. The lowest BCUT2D eigenvalue weighted by atomic mass is 9.93. The number of aliphatic hydroxyl groups is 2. The third kappa shape index (κ3) is 3.28. The molecule has 1 saturated carbocycles. The van der Waals surface area contributed by atoms with Crippen molar-refractivity contribution < 1.29 is 19.4 Å². The van der Waals surface area contributed by atoms with Gasteiger partial charge in [-0.1, -0.05) is 35.9 Å². The van der Waals surface area contributed by atoms with Gasteiger partial charge in [0.15, 0.2) is 0 Å². The van der Waals surface area contributed by atoms with Crippen LogP contribution in [0.5, 0.6) is 0 Å². The van der Waals surface area contributed by atoms with Crippen LogP contribution in [0.15, 0.2) is 54.9 Å². The van der Waals surface area contributed by atoms with Gasteiger partial charge in [-0.2, -0.15) is 0 Å². The highest BCUT2D eigenvalue weighted by molar-refractivity contribution is 6.38. The fraction of sp³-hybridized carbons (Fsp3) is 0.167. The molecule has 2 heterocycles. The number of nitrogens with one attached hydrogen (secondary N) is 1. The lowest BCUT2D eigenvalue weighted by molar-refractivity contribution is -0.110. The van der Waals surface area contributed by atoms with Crippen LogP contribution < -0.4 is 5.32 Å². The maximum absolute atomic E-state index is 13.6. The maximum Gasteiger partial charge on any atom is 0.260 e. The van der Waals surface area contributed by atoms with E-state index in [0.29, 0.717) is 21.8 Å². The quantitative estimate of drug-likeness (QED) is 0.399. The van der Waals surface area contributed by atoms with Crippen LogP contribution in [-0.2, 0) is 10.2 Å². The summed E-state index contributed by atoms with van der Waals surface area (Å²) in [4.78, 5) is 16.3. The van der Waals surface area contributed by atoms with Gasteiger partial charge in [0.2, 0.25) is 0 Å². The second kappa shape index (κ2) is 7.18. The van der Waals surface area contributed by atoms with E-state index in [1.54, 1.807) is 12.1 Å². The highest BCUT2D eigenvalue weighted by Crippen LogP contribution is 2.48. The summed E-state index contributed by atoms with van der Waals surface area (Å²) >= 11 is 6.50. The van der Waals surface area contributed by atoms with Gasteiger partial charge in [-0.05, 0) is 42.2 Å². The Labute approximate surface area is 182 Å². The van der Waals surface area contributed by atoms with Crippen molar-refractivity contribution >= 4 is 34.5 Å². The fourth-order valence-electron chi connectivity index (χ4n) is 4.02. The van der Waals surface area contributed by atoms with Gasteiger partial charge < -0.3 is 15.5 Å². The zero-order valence-corrected chi connectivity index (χ0v) is 17.1. The number of pyridine rings is 1. The first-order valence-electron chi connectivity index (χ1n) is 9.83. The van der Waals surface area contributed by atoms with Crippen LogP contribution in [0.1, 0.15) is 29.5 Å². The number of hydrogen-bond donors (Lipinski definition) is 3. The van der Waals surface area contributed by atoms with Crippen molar-refractivity contribution in [1.82, 2.24) is 4.98 Å². The molecule has 7 heteroatoms. The number of rotatable bonds is 4. The van der Waals surface area contributed by atoms with Crippen LogP contribution in [0.25, 0.3) is 22.5 Å². The minimum Gasteiger partial charge on any atom is -0.506 e. The molecule has 2 aromatic carbocycles. The third-order valence-corrected chi connectivity index (χ3v) is 6.34. The average molecular weight is 437 g/mol. The Hall–Kier alpha value is -3.22. The van der Waals surface area contributed by atoms with E-state index >= 15 is 0 Å². The maximum atomic E-state index is 13.6. The molecule has 1 amide bonds. The summed E-state index contributed by atoms with van der Waals surface area (Å²) in [5.41, 5.74) is 3.59. The number of aromatic nitrogens is 1. The van der Waals surface area contributed by atoms with E-state index in [9.17, 15) is 19.4 Å². The molecular weight excluding hydrogens is 419 g/mol. The number of carbonyl (C=O) groups excluding carboxylic acids is 1. The molecule has 1 fully saturated rings. The number of aliphatic hydroxyl groups excluding tert-OH is 2. The minimum atomic E-state index is -0.614. The van der Waals surface area contributed by atoms with Gasteiger partial charge in [0.1, 0.15) is 11.6 Å². The van der Waals surface area contributed by atoms with Gasteiger partial charge in [0, 0.05) is 28.3 Å². The Morgan fingerprint density at radius 1 is 1.13 bits per heavy atom. The summed E-state index contributed by atoms with van der Waals surface area (Å²) in [5, 5.41) is 23.5. The molecule has 0 spiro atoms. The molecule has 2 aliphatic rings. The van der Waals surface area contributed by atoms with E-state index in [4.69, 9.17) is 11.6 Å². The molecule has 156 valence electrons. The standard InChI is InChI=1S/C24H18ClFN2O3/c25-19-9-20-18(21(23(31)28-20)22(30)14-7-16(26)11-27-10-14)8-17(19)13-1-3-15(4-2-13)24(12-29)5-6-24/h1-4,7-11,29-30H,5-6,12H2,(H,28,31)/b22-21-. The van der Waals surface area contributed by atoms with Crippen molar-refractivity contribution in [2.75, 3.05) is 11.9 Å². The van der Waals surface area contributed by atoms with Gasteiger partial charge in [-0.15, -0.1) is 0 Å². The summed E-state index contributed by atoms with van der Waals surface area (Å²) in [7, 11) is 0. The van der Waals surface area contributed by atoms with E-state index < -0.39 is 11.7 Å². The number of halogens is 2. The van der Waals surface area contributed by atoms with E-state index in [1.807, 2.05) is 24.3 Å². The average Bonchev–Trinajstić information content (AvgIpc) is 3.50. The number of anilines is 1. The summed E-state index contributed by atoms with van der Waals surface area (Å²) < 4.78 is 13.6. The molecule has 31 heavy (non-hydrogen) atoms. The first kappa shape index (κ1) is 19.7. The van der Waals surface area contributed by atoms with E-state index in [2.05, 4.69) is 10.3 Å². The molecule has 5 nitrogen and oxygen atoms in total. The van der Waals surface area contributed by atoms with Crippen LogP contribution in [0.4, 0.5) is 10.1 Å². The molecule has 0 radical (unpaired) electrons.